The molecule has 1 aromatic rings. The van der Waals surface area contributed by atoms with Crippen molar-refractivity contribution in [3.8, 4) is 5.75 Å². The quantitative estimate of drug-likeness (QED) is 0.737. The Morgan fingerprint density at radius 1 is 1.26 bits per heavy atom. The molecular formula is C11H13BrF3NO3. The summed E-state index contributed by atoms with van der Waals surface area (Å²) in [5.74, 6) is -0.322. The van der Waals surface area contributed by atoms with Crippen molar-refractivity contribution in [3.63, 3.8) is 0 Å². The maximum absolute atomic E-state index is 12.1. The predicted octanol–water partition coefficient (Wildman–Crippen LogP) is 1.79. The molecule has 0 aliphatic heterocycles. The molecule has 108 valence electrons. The molecule has 4 nitrogen and oxygen atoms in total. The van der Waals surface area contributed by atoms with E-state index in [0.717, 1.165) is 0 Å². The highest BCUT2D eigenvalue weighted by molar-refractivity contribution is 9.10. The predicted molar refractivity (Wildman–Crippen MR) is 65.6 cm³/mol. The Bertz CT molecular complexity index is 411. The van der Waals surface area contributed by atoms with Gasteiger partial charge in [0.2, 0.25) is 0 Å². The Kier molecular flexibility index (Phi) is 6.05. The summed E-state index contributed by atoms with van der Waals surface area (Å²) in [5, 5.41) is 20.6. The minimum atomic E-state index is -4.73. The maximum Gasteiger partial charge on any atom is 0.573 e. The Hall–Kier alpha value is -0.830. The molecule has 0 radical (unpaired) electrons. The first kappa shape index (κ1) is 16.2. The first-order valence-electron chi connectivity index (χ1n) is 5.35. The summed E-state index contributed by atoms with van der Waals surface area (Å²) in [5.41, 5.74) is 0.688. The van der Waals surface area contributed by atoms with Crippen LogP contribution in [0.3, 0.4) is 0 Å². The molecule has 0 bridgehead atoms. The second-order valence-corrected chi connectivity index (χ2v) is 4.61. The van der Waals surface area contributed by atoms with Gasteiger partial charge in [-0.15, -0.1) is 13.2 Å². The Morgan fingerprint density at radius 3 is 2.37 bits per heavy atom. The van der Waals surface area contributed by atoms with E-state index in [2.05, 4.69) is 26.0 Å². The van der Waals surface area contributed by atoms with E-state index >= 15 is 0 Å². The minimum absolute atomic E-state index is 0.175. The molecule has 0 unspecified atom stereocenters. The molecule has 19 heavy (non-hydrogen) atoms. The molecule has 0 atom stereocenters. The van der Waals surface area contributed by atoms with Crippen molar-refractivity contribution in [1.29, 1.82) is 0 Å². The standard InChI is InChI=1S/C11H13BrF3NO3/c12-9-3-7(4-16-8(5-17)6-18)1-2-10(9)19-11(13,14)15/h1-3,8,16-18H,4-6H2. The SMILES string of the molecule is OCC(CO)NCc1ccc(OC(F)(F)F)c(Br)c1. The Balaban J connectivity index is 2.66. The third-order valence-electron chi connectivity index (χ3n) is 2.26. The number of benzene rings is 1. The first-order valence-corrected chi connectivity index (χ1v) is 6.14. The summed E-state index contributed by atoms with van der Waals surface area (Å²) in [6, 6.07) is 3.66. The summed E-state index contributed by atoms with van der Waals surface area (Å²) in [6.45, 7) is -0.156. The summed E-state index contributed by atoms with van der Waals surface area (Å²) in [6.07, 6.45) is -4.73. The van der Waals surface area contributed by atoms with E-state index in [1.54, 1.807) is 0 Å². The zero-order valence-corrected chi connectivity index (χ0v) is 11.3. The topological polar surface area (TPSA) is 61.7 Å². The van der Waals surface area contributed by atoms with Gasteiger partial charge in [-0.05, 0) is 33.6 Å². The summed E-state index contributed by atoms with van der Waals surface area (Å²) < 4.78 is 40.2. The number of aliphatic hydroxyl groups is 2. The van der Waals surface area contributed by atoms with Gasteiger partial charge < -0.3 is 20.3 Å². The van der Waals surface area contributed by atoms with Crippen LogP contribution in [0.25, 0.3) is 0 Å². The molecule has 3 N–H and O–H groups in total. The third-order valence-corrected chi connectivity index (χ3v) is 2.88. The van der Waals surface area contributed by atoms with Gasteiger partial charge in [0.25, 0.3) is 0 Å². The highest BCUT2D eigenvalue weighted by Gasteiger charge is 2.31. The maximum atomic E-state index is 12.1. The van der Waals surface area contributed by atoms with Gasteiger partial charge in [0.1, 0.15) is 5.75 Å². The van der Waals surface area contributed by atoms with Crippen LogP contribution in [0, 0.1) is 0 Å². The largest absolute Gasteiger partial charge is 0.573 e. The molecular weight excluding hydrogens is 331 g/mol. The molecule has 1 aromatic carbocycles. The van der Waals surface area contributed by atoms with E-state index in [1.807, 2.05) is 0 Å². The normalized spacial score (nSPS) is 11.9. The lowest BCUT2D eigenvalue weighted by molar-refractivity contribution is -0.274. The van der Waals surface area contributed by atoms with Crippen molar-refractivity contribution in [1.82, 2.24) is 5.32 Å². The van der Waals surface area contributed by atoms with Crippen molar-refractivity contribution in [2.75, 3.05) is 13.2 Å². The highest BCUT2D eigenvalue weighted by Crippen LogP contribution is 2.31. The summed E-state index contributed by atoms with van der Waals surface area (Å²) in [4.78, 5) is 0. The molecule has 0 aliphatic carbocycles. The van der Waals surface area contributed by atoms with Crippen LogP contribution in [0.2, 0.25) is 0 Å². The van der Waals surface area contributed by atoms with E-state index in [-0.39, 0.29) is 23.4 Å². The van der Waals surface area contributed by atoms with Crippen LogP contribution in [0.4, 0.5) is 13.2 Å². The van der Waals surface area contributed by atoms with Crippen LogP contribution in [0.1, 0.15) is 5.56 Å². The zero-order chi connectivity index (χ0) is 14.5. The van der Waals surface area contributed by atoms with Gasteiger partial charge in [0.15, 0.2) is 0 Å². The van der Waals surface area contributed by atoms with Crippen molar-refractivity contribution in [2.45, 2.75) is 18.9 Å². The minimum Gasteiger partial charge on any atom is -0.405 e. The molecule has 0 fully saturated rings. The van der Waals surface area contributed by atoms with Crippen LogP contribution in [-0.2, 0) is 6.54 Å². The fraction of sp³-hybridized carbons (Fsp3) is 0.455. The van der Waals surface area contributed by atoms with Crippen LogP contribution in [0.5, 0.6) is 5.75 Å². The highest BCUT2D eigenvalue weighted by atomic mass is 79.9. The molecule has 0 aliphatic rings. The van der Waals surface area contributed by atoms with Crippen molar-refractivity contribution in [2.24, 2.45) is 0 Å². The van der Waals surface area contributed by atoms with Gasteiger partial charge in [-0.1, -0.05) is 6.07 Å². The number of hydrogen-bond donors (Lipinski definition) is 3. The molecule has 0 saturated carbocycles. The number of alkyl halides is 3. The van der Waals surface area contributed by atoms with Crippen LogP contribution in [0.15, 0.2) is 22.7 Å². The molecule has 0 aromatic heterocycles. The smallest absolute Gasteiger partial charge is 0.405 e. The van der Waals surface area contributed by atoms with Crippen molar-refractivity contribution in [3.05, 3.63) is 28.2 Å². The van der Waals surface area contributed by atoms with Crippen molar-refractivity contribution < 1.29 is 28.1 Å². The molecule has 0 spiro atoms. The van der Waals surface area contributed by atoms with E-state index < -0.39 is 12.4 Å². The average Bonchev–Trinajstić information content (AvgIpc) is 2.32. The van der Waals surface area contributed by atoms with Gasteiger partial charge in [0.05, 0.1) is 23.7 Å². The van der Waals surface area contributed by atoms with E-state index in [9.17, 15) is 13.2 Å². The third kappa shape index (κ3) is 5.77. The van der Waals surface area contributed by atoms with Crippen LogP contribution in [-0.4, -0.2) is 35.8 Å². The fourth-order valence-corrected chi connectivity index (χ4v) is 1.82. The van der Waals surface area contributed by atoms with Gasteiger partial charge in [0, 0.05) is 6.54 Å². The van der Waals surface area contributed by atoms with Gasteiger partial charge in [-0.25, -0.2) is 0 Å². The van der Waals surface area contributed by atoms with E-state index in [0.29, 0.717) is 12.1 Å². The molecule has 0 heterocycles. The average molecular weight is 344 g/mol. The van der Waals surface area contributed by atoms with Crippen molar-refractivity contribution >= 4 is 15.9 Å². The van der Waals surface area contributed by atoms with E-state index in [4.69, 9.17) is 10.2 Å². The Morgan fingerprint density at radius 2 is 1.89 bits per heavy atom. The van der Waals surface area contributed by atoms with Gasteiger partial charge in [-0.3, -0.25) is 0 Å². The number of rotatable bonds is 6. The van der Waals surface area contributed by atoms with Gasteiger partial charge in [-0.2, -0.15) is 0 Å². The van der Waals surface area contributed by atoms with Crippen LogP contribution >= 0.6 is 15.9 Å². The second kappa shape index (κ2) is 7.09. The Labute approximate surface area is 116 Å². The number of nitrogens with one attached hydrogen (secondary N) is 1. The summed E-state index contributed by atoms with van der Waals surface area (Å²) in [7, 11) is 0. The number of aliphatic hydroxyl groups excluding tert-OH is 2. The monoisotopic (exact) mass is 343 g/mol. The van der Waals surface area contributed by atoms with E-state index in [1.165, 1.54) is 18.2 Å². The molecule has 1 rings (SSSR count). The van der Waals surface area contributed by atoms with Crippen LogP contribution < -0.4 is 10.1 Å². The lowest BCUT2D eigenvalue weighted by Gasteiger charge is -2.14. The second-order valence-electron chi connectivity index (χ2n) is 3.76. The lowest BCUT2D eigenvalue weighted by Crippen LogP contribution is -2.35. The first-order chi connectivity index (χ1) is 8.85. The lowest BCUT2D eigenvalue weighted by atomic mass is 10.2. The zero-order valence-electron chi connectivity index (χ0n) is 9.75. The summed E-state index contributed by atoms with van der Waals surface area (Å²) >= 11 is 2.99. The number of halogens is 4. The molecule has 0 amide bonds. The molecule has 0 saturated heterocycles. The number of hydrogen-bond acceptors (Lipinski definition) is 4. The molecule has 8 heteroatoms. The number of ether oxygens (including phenoxy) is 1. The van der Waals surface area contributed by atoms with Gasteiger partial charge >= 0.3 is 6.36 Å². The fourth-order valence-electron chi connectivity index (χ4n) is 1.31.